The Morgan fingerprint density at radius 3 is 2.71 bits per heavy atom. The van der Waals surface area contributed by atoms with Gasteiger partial charge in [0.25, 0.3) is 0 Å². The molecule has 0 spiro atoms. The van der Waals surface area contributed by atoms with Crippen molar-refractivity contribution < 1.29 is 0 Å². The number of hydrogen-bond acceptors (Lipinski definition) is 5. The number of fused-ring (bicyclic) bond motifs is 1. The van der Waals surface area contributed by atoms with E-state index in [-0.39, 0.29) is 0 Å². The number of aromatic nitrogens is 4. The largest absolute Gasteiger partial charge is 0.256 e. The third-order valence-corrected chi connectivity index (χ3v) is 2.20. The van der Waals surface area contributed by atoms with Gasteiger partial charge >= 0.3 is 0 Å². The maximum atomic E-state index is 4.19. The van der Waals surface area contributed by atoms with Crippen molar-refractivity contribution in [2.75, 3.05) is 0 Å². The smallest absolute Gasteiger partial charge is 0.203 e. The van der Waals surface area contributed by atoms with E-state index >= 15 is 0 Å². The lowest BCUT2D eigenvalue weighted by atomic mass is 10.3. The zero-order valence-electron chi connectivity index (χ0n) is 8.78. The number of nitrogens with one attached hydrogen (secondary N) is 1. The summed E-state index contributed by atoms with van der Waals surface area (Å²) >= 11 is 0. The van der Waals surface area contributed by atoms with Gasteiger partial charge in [-0.3, -0.25) is 5.10 Å². The summed E-state index contributed by atoms with van der Waals surface area (Å²) in [5.41, 5.74) is 2.10. The van der Waals surface area contributed by atoms with Crippen molar-refractivity contribution in [1.29, 1.82) is 0 Å². The molecule has 0 amide bonds. The summed E-state index contributed by atoms with van der Waals surface area (Å²) in [5, 5.41) is 18.3. The number of rotatable bonds is 2. The van der Waals surface area contributed by atoms with Gasteiger partial charge in [-0.1, -0.05) is 23.4 Å². The van der Waals surface area contributed by atoms with E-state index in [0.717, 1.165) is 11.2 Å². The van der Waals surface area contributed by atoms with Gasteiger partial charge in [0.05, 0.1) is 5.69 Å². The van der Waals surface area contributed by atoms with Crippen molar-refractivity contribution in [1.82, 2.24) is 20.4 Å². The Morgan fingerprint density at radius 2 is 1.82 bits per heavy atom. The second-order valence-corrected chi connectivity index (χ2v) is 3.39. The first-order valence-electron chi connectivity index (χ1n) is 5.06. The SMILES string of the molecule is c1ccc(N=Nc2ccc3[nH]nnc3n2)cc1. The van der Waals surface area contributed by atoms with E-state index in [1.54, 1.807) is 6.07 Å². The molecule has 0 bridgehead atoms. The van der Waals surface area contributed by atoms with Crippen LogP contribution in [-0.2, 0) is 0 Å². The predicted molar refractivity (Wildman–Crippen MR) is 62.3 cm³/mol. The maximum Gasteiger partial charge on any atom is 0.203 e. The number of nitrogens with zero attached hydrogens (tertiary/aromatic N) is 5. The van der Waals surface area contributed by atoms with Gasteiger partial charge in [-0.2, -0.15) is 0 Å². The van der Waals surface area contributed by atoms with Crippen LogP contribution in [0.25, 0.3) is 11.2 Å². The molecule has 82 valence electrons. The molecule has 0 radical (unpaired) electrons. The Kier molecular flexibility index (Phi) is 2.31. The minimum atomic E-state index is 0.509. The Balaban J connectivity index is 1.92. The number of pyridine rings is 1. The van der Waals surface area contributed by atoms with Crippen LogP contribution in [0.2, 0.25) is 0 Å². The van der Waals surface area contributed by atoms with E-state index in [1.165, 1.54) is 0 Å². The van der Waals surface area contributed by atoms with Crippen molar-refractivity contribution in [2.24, 2.45) is 10.2 Å². The minimum absolute atomic E-state index is 0.509. The average Bonchev–Trinajstić information content (AvgIpc) is 2.85. The Bertz CT molecular complexity index is 658. The van der Waals surface area contributed by atoms with Crippen LogP contribution in [0.1, 0.15) is 0 Å². The van der Waals surface area contributed by atoms with Gasteiger partial charge in [-0.05, 0) is 24.3 Å². The normalized spacial score (nSPS) is 11.3. The quantitative estimate of drug-likeness (QED) is 0.679. The molecule has 0 saturated heterocycles. The molecule has 6 heteroatoms. The van der Waals surface area contributed by atoms with Crippen molar-refractivity contribution >= 4 is 22.7 Å². The molecule has 0 aliphatic carbocycles. The lowest BCUT2D eigenvalue weighted by molar-refractivity contribution is 0.954. The molecule has 3 aromatic rings. The van der Waals surface area contributed by atoms with E-state index in [4.69, 9.17) is 0 Å². The van der Waals surface area contributed by atoms with E-state index < -0.39 is 0 Å². The lowest BCUT2D eigenvalue weighted by Crippen LogP contribution is -1.76. The molecule has 0 unspecified atom stereocenters. The Labute approximate surface area is 96.4 Å². The molecule has 0 atom stereocenters. The number of H-pyrrole nitrogens is 1. The van der Waals surface area contributed by atoms with E-state index in [1.807, 2.05) is 36.4 Å². The van der Waals surface area contributed by atoms with Crippen LogP contribution in [0.3, 0.4) is 0 Å². The second-order valence-electron chi connectivity index (χ2n) is 3.39. The molecule has 6 nitrogen and oxygen atoms in total. The molecule has 3 rings (SSSR count). The van der Waals surface area contributed by atoms with Crippen molar-refractivity contribution in [3.05, 3.63) is 42.5 Å². The lowest BCUT2D eigenvalue weighted by Gasteiger charge is -1.91. The van der Waals surface area contributed by atoms with Crippen molar-refractivity contribution in [3.63, 3.8) is 0 Å². The van der Waals surface area contributed by atoms with Gasteiger partial charge < -0.3 is 0 Å². The fourth-order valence-electron chi connectivity index (χ4n) is 1.39. The first kappa shape index (κ1) is 9.59. The molecular formula is C11H8N6. The molecule has 2 heterocycles. The van der Waals surface area contributed by atoms with Gasteiger partial charge in [0.1, 0.15) is 5.52 Å². The maximum absolute atomic E-state index is 4.19. The van der Waals surface area contributed by atoms with Crippen molar-refractivity contribution in [2.45, 2.75) is 0 Å². The molecule has 2 aromatic heterocycles. The monoisotopic (exact) mass is 224 g/mol. The highest BCUT2D eigenvalue weighted by molar-refractivity contribution is 5.70. The third kappa shape index (κ3) is 2.00. The predicted octanol–water partition coefficient (Wildman–Crippen LogP) is 2.77. The minimum Gasteiger partial charge on any atom is -0.256 e. The van der Waals surface area contributed by atoms with Gasteiger partial charge in [0, 0.05) is 0 Å². The molecule has 17 heavy (non-hydrogen) atoms. The van der Waals surface area contributed by atoms with E-state index in [9.17, 15) is 0 Å². The first-order valence-corrected chi connectivity index (χ1v) is 5.06. The Hall–Kier alpha value is -2.63. The summed E-state index contributed by atoms with van der Waals surface area (Å²) < 4.78 is 0. The van der Waals surface area contributed by atoms with Crippen LogP contribution < -0.4 is 0 Å². The highest BCUT2D eigenvalue weighted by Gasteiger charge is 1.99. The second kappa shape index (κ2) is 4.09. The fourth-order valence-corrected chi connectivity index (χ4v) is 1.39. The van der Waals surface area contributed by atoms with Gasteiger partial charge in [-0.15, -0.1) is 15.3 Å². The number of azo groups is 1. The topological polar surface area (TPSA) is 79.2 Å². The third-order valence-electron chi connectivity index (χ3n) is 2.20. The standard InChI is InChI=1S/C11H8N6/c1-2-4-8(5-3-1)13-15-10-7-6-9-11(12-10)16-17-14-9/h1-7H,(H,12,14,16,17). The Morgan fingerprint density at radius 1 is 0.941 bits per heavy atom. The highest BCUT2D eigenvalue weighted by Crippen LogP contribution is 2.17. The summed E-state index contributed by atoms with van der Waals surface area (Å²) in [4.78, 5) is 4.19. The number of benzene rings is 1. The summed E-state index contributed by atoms with van der Waals surface area (Å²) in [7, 11) is 0. The summed E-state index contributed by atoms with van der Waals surface area (Å²) in [6, 6.07) is 13.1. The van der Waals surface area contributed by atoms with Gasteiger partial charge in [-0.25, -0.2) is 4.98 Å². The van der Waals surface area contributed by atoms with Crippen LogP contribution in [-0.4, -0.2) is 20.4 Å². The van der Waals surface area contributed by atoms with Crippen LogP contribution in [0.4, 0.5) is 11.5 Å². The summed E-state index contributed by atoms with van der Waals surface area (Å²) in [5.74, 6) is 0.509. The first-order chi connectivity index (χ1) is 8.42. The van der Waals surface area contributed by atoms with Gasteiger partial charge in [0.15, 0.2) is 5.82 Å². The molecule has 1 N–H and O–H groups in total. The molecule has 0 aliphatic rings. The molecule has 0 saturated carbocycles. The van der Waals surface area contributed by atoms with Crippen LogP contribution >= 0.6 is 0 Å². The van der Waals surface area contributed by atoms with Crippen LogP contribution in [0.15, 0.2) is 52.7 Å². The summed E-state index contributed by atoms with van der Waals surface area (Å²) in [6.07, 6.45) is 0. The van der Waals surface area contributed by atoms with Crippen LogP contribution in [0.5, 0.6) is 0 Å². The average molecular weight is 224 g/mol. The van der Waals surface area contributed by atoms with E-state index in [2.05, 4.69) is 30.6 Å². The zero-order valence-corrected chi connectivity index (χ0v) is 8.78. The zero-order chi connectivity index (χ0) is 11.5. The van der Waals surface area contributed by atoms with Crippen molar-refractivity contribution in [3.8, 4) is 0 Å². The fraction of sp³-hybridized carbons (Fsp3) is 0. The molecular weight excluding hydrogens is 216 g/mol. The summed E-state index contributed by atoms with van der Waals surface area (Å²) in [6.45, 7) is 0. The number of aromatic amines is 1. The van der Waals surface area contributed by atoms with Crippen LogP contribution in [0, 0.1) is 0 Å². The van der Waals surface area contributed by atoms with E-state index in [0.29, 0.717) is 11.5 Å². The highest BCUT2D eigenvalue weighted by atomic mass is 15.3. The molecule has 1 aromatic carbocycles. The van der Waals surface area contributed by atoms with Gasteiger partial charge in [0.2, 0.25) is 5.65 Å². The molecule has 0 fully saturated rings. The number of hydrogen-bond donors (Lipinski definition) is 1. The molecule has 0 aliphatic heterocycles.